The summed E-state index contributed by atoms with van der Waals surface area (Å²) in [7, 11) is 1.70. The molecule has 1 N–H and O–H groups in total. The van der Waals surface area contributed by atoms with Crippen LogP contribution >= 0.6 is 23.2 Å². The normalized spacial score (nSPS) is 10.5. The van der Waals surface area contributed by atoms with Crippen molar-refractivity contribution in [3.63, 3.8) is 0 Å². The van der Waals surface area contributed by atoms with Crippen LogP contribution in [-0.2, 0) is 0 Å². The lowest BCUT2D eigenvalue weighted by atomic mass is 10.2. The molecular weight excluding hydrogens is 371 g/mol. The van der Waals surface area contributed by atoms with Gasteiger partial charge in [-0.1, -0.05) is 47.5 Å². The van der Waals surface area contributed by atoms with Gasteiger partial charge >= 0.3 is 0 Å². The van der Waals surface area contributed by atoms with E-state index >= 15 is 0 Å². The summed E-state index contributed by atoms with van der Waals surface area (Å²) in [6.45, 7) is 1.79. The fourth-order valence-electron chi connectivity index (χ4n) is 2.40. The average Bonchev–Trinajstić information content (AvgIpc) is 2.64. The number of benzene rings is 2. The SMILES string of the molecule is Cc1cc(C(=O)N(C)c2ccccc2)nc(Nc2c(Cl)cccc2Cl)n1. The molecule has 3 rings (SSSR count). The second-order valence-corrected chi connectivity index (χ2v) is 6.45. The van der Waals surface area contributed by atoms with Gasteiger partial charge in [-0.05, 0) is 37.3 Å². The van der Waals surface area contributed by atoms with Crippen LogP contribution < -0.4 is 10.2 Å². The number of carbonyl (C=O) groups is 1. The van der Waals surface area contributed by atoms with Crippen LogP contribution in [0.25, 0.3) is 0 Å². The van der Waals surface area contributed by atoms with E-state index in [2.05, 4.69) is 15.3 Å². The van der Waals surface area contributed by atoms with E-state index in [4.69, 9.17) is 23.2 Å². The van der Waals surface area contributed by atoms with E-state index in [9.17, 15) is 4.79 Å². The van der Waals surface area contributed by atoms with Gasteiger partial charge in [0, 0.05) is 18.4 Å². The van der Waals surface area contributed by atoms with Gasteiger partial charge in [0.15, 0.2) is 0 Å². The number of anilines is 3. The minimum absolute atomic E-state index is 0.241. The first-order valence-electron chi connectivity index (χ1n) is 7.85. The van der Waals surface area contributed by atoms with Crippen molar-refractivity contribution in [2.45, 2.75) is 6.92 Å². The number of nitrogens with one attached hydrogen (secondary N) is 1. The van der Waals surface area contributed by atoms with Crippen LogP contribution in [0.5, 0.6) is 0 Å². The summed E-state index contributed by atoms with van der Waals surface area (Å²) in [6.07, 6.45) is 0. The highest BCUT2D eigenvalue weighted by Gasteiger charge is 2.17. The molecule has 0 radical (unpaired) electrons. The van der Waals surface area contributed by atoms with Gasteiger partial charge in [0.25, 0.3) is 5.91 Å². The molecule has 0 aliphatic carbocycles. The molecule has 0 fully saturated rings. The number of aromatic nitrogens is 2. The number of rotatable bonds is 4. The molecule has 1 heterocycles. The molecular formula is C19H16Cl2N4O. The van der Waals surface area contributed by atoms with E-state index in [1.165, 1.54) is 4.90 Å². The van der Waals surface area contributed by atoms with E-state index in [-0.39, 0.29) is 17.5 Å². The quantitative estimate of drug-likeness (QED) is 0.676. The van der Waals surface area contributed by atoms with Crippen molar-refractivity contribution in [2.75, 3.05) is 17.3 Å². The van der Waals surface area contributed by atoms with Gasteiger partial charge in [-0.2, -0.15) is 0 Å². The maximum atomic E-state index is 12.8. The molecule has 0 unspecified atom stereocenters. The summed E-state index contributed by atoms with van der Waals surface area (Å²) in [4.78, 5) is 23.0. The lowest BCUT2D eigenvalue weighted by Gasteiger charge is -2.17. The Labute approximate surface area is 161 Å². The molecule has 0 spiro atoms. The largest absolute Gasteiger partial charge is 0.322 e. The first-order chi connectivity index (χ1) is 12.5. The summed E-state index contributed by atoms with van der Waals surface area (Å²) in [5, 5.41) is 3.88. The van der Waals surface area contributed by atoms with Crippen molar-refractivity contribution in [1.82, 2.24) is 9.97 Å². The first-order valence-corrected chi connectivity index (χ1v) is 8.61. The molecule has 5 nitrogen and oxygen atoms in total. The van der Waals surface area contributed by atoms with E-state index < -0.39 is 0 Å². The third-order valence-corrected chi connectivity index (χ3v) is 4.35. The highest BCUT2D eigenvalue weighted by Crippen LogP contribution is 2.31. The molecule has 0 aliphatic heterocycles. The van der Waals surface area contributed by atoms with Crippen molar-refractivity contribution in [1.29, 1.82) is 0 Å². The summed E-state index contributed by atoms with van der Waals surface area (Å²) >= 11 is 12.3. The third kappa shape index (κ3) is 3.95. The molecule has 1 amide bonds. The lowest BCUT2D eigenvalue weighted by Crippen LogP contribution is -2.27. The van der Waals surface area contributed by atoms with Crippen LogP contribution in [0.2, 0.25) is 10.0 Å². The standard InChI is InChI=1S/C19H16Cl2N4O/c1-12-11-16(18(26)25(2)13-7-4-3-5-8-13)23-19(22-12)24-17-14(20)9-6-10-15(17)21/h3-11H,1-2H3,(H,22,23,24). The Bertz CT molecular complexity index is 927. The van der Waals surface area contributed by atoms with Crippen LogP contribution in [0.1, 0.15) is 16.2 Å². The van der Waals surface area contributed by atoms with Crippen molar-refractivity contribution in [3.05, 3.63) is 76.0 Å². The van der Waals surface area contributed by atoms with Crippen molar-refractivity contribution in [2.24, 2.45) is 0 Å². The Kier molecular flexibility index (Phi) is 5.40. The molecule has 0 atom stereocenters. The number of para-hydroxylation sites is 2. The summed E-state index contributed by atoms with van der Waals surface area (Å²) < 4.78 is 0. The zero-order chi connectivity index (χ0) is 18.7. The van der Waals surface area contributed by atoms with Gasteiger partial charge in [0.2, 0.25) is 5.95 Å². The zero-order valence-electron chi connectivity index (χ0n) is 14.2. The maximum absolute atomic E-state index is 12.8. The van der Waals surface area contributed by atoms with Gasteiger partial charge in [-0.3, -0.25) is 4.79 Å². The van der Waals surface area contributed by atoms with Gasteiger partial charge in [0.05, 0.1) is 15.7 Å². The number of hydrogen-bond acceptors (Lipinski definition) is 4. The highest BCUT2D eigenvalue weighted by atomic mass is 35.5. The van der Waals surface area contributed by atoms with Crippen LogP contribution in [0.15, 0.2) is 54.6 Å². The van der Waals surface area contributed by atoms with Gasteiger partial charge < -0.3 is 10.2 Å². The fraction of sp³-hybridized carbons (Fsp3) is 0.105. The van der Waals surface area contributed by atoms with Gasteiger partial charge in [0.1, 0.15) is 5.69 Å². The predicted octanol–water partition coefficient (Wildman–Crippen LogP) is 5.11. The highest BCUT2D eigenvalue weighted by molar-refractivity contribution is 6.39. The molecule has 0 bridgehead atoms. The first kappa shape index (κ1) is 18.2. The number of hydrogen-bond donors (Lipinski definition) is 1. The number of halogens is 2. The Balaban J connectivity index is 1.92. The number of amides is 1. The van der Waals surface area contributed by atoms with Crippen molar-refractivity contribution in [3.8, 4) is 0 Å². The Hall–Kier alpha value is -2.63. The molecule has 132 valence electrons. The second-order valence-electron chi connectivity index (χ2n) is 5.64. The molecule has 0 saturated heterocycles. The number of carbonyl (C=O) groups excluding carboxylic acids is 1. The van der Waals surface area contributed by atoms with Crippen LogP contribution in [0, 0.1) is 6.92 Å². The topological polar surface area (TPSA) is 58.1 Å². The zero-order valence-corrected chi connectivity index (χ0v) is 15.7. The van der Waals surface area contributed by atoms with Crippen molar-refractivity contribution >= 4 is 46.4 Å². The second kappa shape index (κ2) is 7.72. The maximum Gasteiger partial charge on any atom is 0.276 e. The summed E-state index contributed by atoms with van der Waals surface area (Å²) in [5.41, 5.74) is 2.19. The predicted molar refractivity (Wildman–Crippen MR) is 106 cm³/mol. The van der Waals surface area contributed by atoms with Crippen molar-refractivity contribution < 1.29 is 4.79 Å². The smallest absolute Gasteiger partial charge is 0.276 e. The Morgan fingerprint density at radius 3 is 2.31 bits per heavy atom. The lowest BCUT2D eigenvalue weighted by molar-refractivity contribution is 0.0988. The van der Waals surface area contributed by atoms with E-state index in [0.717, 1.165) is 5.69 Å². The fourth-order valence-corrected chi connectivity index (χ4v) is 2.90. The van der Waals surface area contributed by atoms with E-state index in [1.807, 2.05) is 30.3 Å². The number of nitrogens with zero attached hydrogens (tertiary/aromatic N) is 3. The summed E-state index contributed by atoms with van der Waals surface area (Å²) in [6, 6.07) is 16.2. The van der Waals surface area contributed by atoms with Crippen LogP contribution in [-0.4, -0.2) is 22.9 Å². The molecule has 0 aliphatic rings. The molecule has 1 aromatic heterocycles. The third-order valence-electron chi connectivity index (χ3n) is 3.72. The molecule has 2 aromatic carbocycles. The summed E-state index contributed by atoms with van der Waals surface area (Å²) in [5.74, 6) is 0.0137. The van der Waals surface area contributed by atoms with Gasteiger partial charge in [-0.25, -0.2) is 9.97 Å². The minimum Gasteiger partial charge on any atom is -0.322 e. The Morgan fingerprint density at radius 2 is 1.65 bits per heavy atom. The Morgan fingerprint density at radius 1 is 1.00 bits per heavy atom. The van der Waals surface area contributed by atoms with Crippen LogP contribution in [0.4, 0.5) is 17.3 Å². The monoisotopic (exact) mass is 386 g/mol. The minimum atomic E-state index is -0.241. The number of aryl methyl sites for hydroxylation is 1. The molecule has 7 heteroatoms. The molecule has 3 aromatic rings. The van der Waals surface area contributed by atoms with Crippen LogP contribution in [0.3, 0.4) is 0 Å². The molecule has 26 heavy (non-hydrogen) atoms. The van der Waals surface area contributed by atoms with Gasteiger partial charge in [-0.15, -0.1) is 0 Å². The average molecular weight is 387 g/mol. The molecule has 0 saturated carbocycles. The van der Waals surface area contributed by atoms with E-state index in [1.54, 1.807) is 38.2 Å². The van der Waals surface area contributed by atoms with E-state index in [0.29, 0.717) is 21.4 Å².